The van der Waals surface area contributed by atoms with Gasteiger partial charge < -0.3 is 10.2 Å². The third-order valence-electron chi connectivity index (χ3n) is 2.97. The molecule has 0 atom stereocenters. The molecule has 3 rings (SSSR count). The highest BCUT2D eigenvalue weighted by molar-refractivity contribution is 6.05. The lowest BCUT2D eigenvalue weighted by Gasteiger charge is -1.94. The quantitative estimate of drug-likeness (QED) is 0.623. The van der Waals surface area contributed by atoms with Gasteiger partial charge in [0.05, 0.1) is 0 Å². The van der Waals surface area contributed by atoms with Gasteiger partial charge in [0.2, 0.25) is 0 Å². The van der Waals surface area contributed by atoms with Crippen LogP contribution in [0.15, 0.2) is 40.8 Å². The smallest absolute Gasteiger partial charge is 0.137 e. The van der Waals surface area contributed by atoms with Gasteiger partial charge in [-0.25, -0.2) is 0 Å². The summed E-state index contributed by atoms with van der Waals surface area (Å²) in [5, 5.41) is 2.29. The van der Waals surface area contributed by atoms with Gasteiger partial charge >= 0.3 is 0 Å². The van der Waals surface area contributed by atoms with Crippen LogP contribution >= 0.6 is 0 Å². The maximum absolute atomic E-state index is 5.80. The van der Waals surface area contributed by atoms with Gasteiger partial charge in [0.1, 0.15) is 11.2 Å². The van der Waals surface area contributed by atoms with Gasteiger partial charge in [0, 0.05) is 22.5 Å². The van der Waals surface area contributed by atoms with Crippen molar-refractivity contribution in [2.45, 2.75) is 13.3 Å². The molecule has 2 heteroatoms. The molecule has 0 amide bonds. The molecule has 0 aliphatic rings. The van der Waals surface area contributed by atoms with E-state index in [9.17, 15) is 0 Å². The predicted molar refractivity (Wildman–Crippen MR) is 67.5 cm³/mol. The van der Waals surface area contributed by atoms with Crippen molar-refractivity contribution >= 4 is 27.6 Å². The van der Waals surface area contributed by atoms with Crippen LogP contribution < -0.4 is 5.73 Å². The van der Waals surface area contributed by atoms with Gasteiger partial charge in [0.15, 0.2) is 0 Å². The van der Waals surface area contributed by atoms with E-state index in [1.165, 1.54) is 5.56 Å². The standard InChI is InChI=1S/C14H13NO/c1-2-9-3-5-11-12-6-4-10(15)8-14(12)16-13(11)7-9/h3-8H,2,15H2,1H3. The minimum atomic E-state index is 0.738. The lowest BCUT2D eigenvalue weighted by atomic mass is 10.1. The Morgan fingerprint density at radius 1 is 1.00 bits per heavy atom. The van der Waals surface area contributed by atoms with Crippen molar-refractivity contribution in [3.63, 3.8) is 0 Å². The van der Waals surface area contributed by atoms with E-state index in [0.717, 1.165) is 34.0 Å². The van der Waals surface area contributed by atoms with Crippen LogP contribution in [0.1, 0.15) is 12.5 Å². The first kappa shape index (κ1) is 9.28. The molecule has 80 valence electrons. The van der Waals surface area contributed by atoms with Crippen LogP contribution in [-0.2, 0) is 6.42 Å². The normalized spacial score (nSPS) is 11.3. The van der Waals surface area contributed by atoms with Crippen molar-refractivity contribution in [3.05, 3.63) is 42.0 Å². The van der Waals surface area contributed by atoms with E-state index in [1.54, 1.807) is 0 Å². The molecule has 16 heavy (non-hydrogen) atoms. The Bertz CT molecular complexity index is 667. The monoisotopic (exact) mass is 211 g/mol. The van der Waals surface area contributed by atoms with Crippen molar-refractivity contribution in [3.8, 4) is 0 Å². The van der Waals surface area contributed by atoms with Crippen molar-refractivity contribution in [1.82, 2.24) is 0 Å². The van der Waals surface area contributed by atoms with Crippen LogP contribution in [0.25, 0.3) is 21.9 Å². The third-order valence-corrected chi connectivity index (χ3v) is 2.97. The van der Waals surface area contributed by atoms with Crippen molar-refractivity contribution in [1.29, 1.82) is 0 Å². The highest BCUT2D eigenvalue weighted by Gasteiger charge is 2.06. The summed E-state index contributed by atoms with van der Waals surface area (Å²) in [5.41, 5.74) is 9.58. The maximum atomic E-state index is 5.80. The minimum absolute atomic E-state index is 0.738. The SMILES string of the molecule is CCc1ccc2c(c1)oc1cc(N)ccc12. The van der Waals surface area contributed by atoms with Crippen LogP contribution in [0.3, 0.4) is 0 Å². The van der Waals surface area contributed by atoms with Crippen LogP contribution in [-0.4, -0.2) is 0 Å². The number of hydrogen-bond acceptors (Lipinski definition) is 2. The lowest BCUT2D eigenvalue weighted by molar-refractivity contribution is 0.668. The fourth-order valence-electron chi connectivity index (χ4n) is 2.06. The van der Waals surface area contributed by atoms with E-state index in [4.69, 9.17) is 10.2 Å². The van der Waals surface area contributed by atoms with E-state index in [1.807, 2.05) is 18.2 Å². The Morgan fingerprint density at radius 2 is 1.69 bits per heavy atom. The van der Waals surface area contributed by atoms with Gasteiger partial charge in [0.25, 0.3) is 0 Å². The molecule has 1 aromatic heterocycles. The van der Waals surface area contributed by atoms with Crippen molar-refractivity contribution in [2.75, 3.05) is 5.73 Å². The Morgan fingerprint density at radius 3 is 2.44 bits per heavy atom. The second-order valence-electron chi connectivity index (χ2n) is 4.04. The highest BCUT2D eigenvalue weighted by Crippen LogP contribution is 2.30. The number of benzene rings is 2. The second-order valence-corrected chi connectivity index (χ2v) is 4.04. The Labute approximate surface area is 93.7 Å². The Balaban J connectivity index is 2.40. The van der Waals surface area contributed by atoms with E-state index in [0.29, 0.717) is 0 Å². The summed E-state index contributed by atoms with van der Waals surface area (Å²) in [6, 6.07) is 12.2. The molecule has 0 bridgehead atoms. The molecule has 0 radical (unpaired) electrons. The van der Waals surface area contributed by atoms with Gasteiger partial charge in [-0.3, -0.25) is 0 Å². The molecule has 2 N–H and O–H groups in total. The number of furan rings is 1. The first-order valence-corrected chi connectivity index (χ1v) is 5.48. The van der Waals surface area contributed by atoms with Gasteiger partial charge in [-0.05, 0) is 30.2 Å². The summed E-state index contributed by atoms with van der Waals surface area (Å²) in [6.07, 6.45) is 1.02. The van der Waals surface area contributed by atoms with Gasteiger partial charge in [-0.2, -0.15) is 0 Å². The van der Waals surface area contributed by atoms with Crippen LogP contribution in [0.2, 0.25) is 0 Å². The Hall–Kier alpha value is -1.96. The summed E-state index contributed by atoms with van der Waals surface area (Å²) in [5.74, 6) is 0. The summed E-state index contributed by atoms with van der Waals surface area (Å²) >= 11 is 0. The molecule has 2 aromatic carbocycles. The molecule has 0 fully saturated rings. The first-order chi connectivity index (χ1) is 7.78. The average molecular weight is 211 g/mol. The van der Waals surface area contributed by atoms with E-state index >= 15 is 0 Å². The summed E-state index contributed by atoms with van der Waals surface area (Å²) < 4.78 is 5.80. The molecule has 0 aliphatic carbocycles. The topological polar surface area (TPSA) is 39.2 Å². The first-order valence-electron chi connectivity index (χ1n) is 5.48. The zero-order chi connectivity index (χ0) is 11.1. The van der Waals surface area contributed by atoms with E-state index in [-0.39, 0.29) is 0 Å². The molecule has 1 heterocycles. The molecule has 3 aromatic rings. The molecule has 0 spiro atoms. The Kier molecular flexibility index (Phi) is 1.90. The third kappa shape index (κ3) is 1.27. The number of nitrogens with two attached hydrogens (primary N) is 1. The number of rotatable bonds is 1. The van der Waals surface area contributed by atoms with E-state index in [2.05, 4.69) is 25.1 Å². The van der Waals surface area contributed by atoms with Crippen LogP contribution in [0.5, 0.6) is 0 Å². The molecule has 2 nitrogen and oxygen atoms in total. The van der Waals surface area contributed by atoms with Crippen LogP contribution in [0, 0.1) is 0 Å². The summed E-state index contributed by atoms with van der Waals surface area (Å²) in [7, 11) is 0. The van der Waals surface area contributed by atoms with Crippen molar-refractivity contribution < 1.29 is 4.42 Å². The summed E-state index contributed by atoms with van der Waals surface area (Å²) in [4.78, 5) is 0. The van der Waals surface area contributed by atoms with Crippen LogP contribution in [0.4, 0.5) is 5.69 Å². The number of hydrogen-bond donors (Lipinski definition) is 1. The second kappa shape index (κ2) is 3.27. The highest BCUT2D eigenvalue weighted by atomic mass is 16.3. The number of nitrogen functional groups attached to an aromatic ring is 1. The zero-order valence-electron chi connectivity index (χ0n) is 9.16. The molecule has 0 saturated carbocycles. The molecule has 0 saturated heterocycles. The number of fused-ring (bicyclic) bond motifs is 3. The predicted octanol–water partition coefficient (Wildman–Crippen LogP) is 3.73. The maximum Gasteiger partial charge on any atom is 0.137 e. The average Bonchev–Trinajstić information content (AvgIpc) is 2.64. The van der Waals surface area contributed by atoms with Crippen molar-refractivity contribution in [2.24, 2.45) is 0 Å². The lowest BCUT2D eigenvalue weighted by Crippen LogP contribution is -1.81. The van der Waals surface area contributed by atoms with Gasteiger partial charge in [-0.15, -0.1) is 0 Å². The summed E-state index contributed by atoms with van der Waals surface area (Å²) in [6.45, 7) is 2.14. The number of anilines is 1. The molecule has 0 aliphatic heterocycles. The fraction of sp³-hybridized carbons (Fsp3) is 0.143. The zero-order valence-corrected chi connectivity index (χ0v) is 9.16. The molecule has 0 unspecified atom stereocenters. The fourth-order valence-corrected chi connectivity index (χ4v) is 2.06. The number of aryl methyl sites for hydroxylation is 1. The largest absolute Gasteiger partial charge is 0.456 e. The molecular formula is C14H13NO. The molecular weight excluding hydrogens is 198 g/mol. The minimum Gasteiger partial charge on any atom is -0.456 e. The van der Waals surface area contributed by atoms with Gasteiger partial charge in [-0.1, -0.05) is 19.1 Å². The van der Waals surface area contributed by atoms with E-state index < -0.39 is 0 Å².